The number of rotatable bonds is 6. The van der Waals surface area contributed by atoms with E-state index in [0.29, 0.717) is 12.2 Å². The van der Waals surface area contributed by atoms with Gasteiger partial charge in [0.1, 0.15) is 5.75 Å². The Kier molecular flexibility index (Phi) is 5.99. The maximum atomic E-state index is 13.7. The standard InChI is InChI=1S/C14H16F2O3/c1-3-4-9-19-14(17)13(16)12(15)10-5-7-11(18-2)8-6-10/h5-8H,3-4,9H2,1-2H3/b13-12-. The zero-order chi connectivity index (χ0) is 14.3. The Morgan fingerprint density at radius 2 is 1.84 bits per heavy atom. The number of esters is 1. The Morgan fingerprint density at radius 1 is 1.21 bits per heavy atom. The van der Waals surface area contributed by atoms with E-state index in [9.17, 15) is 13.6 Å². The van der Waals surface area contributed by atoms with Crippen molar-refractivity contribution >= 4 is 11.8 Å². The molecular weight excluding hydrogens is 254 g/mol. The van der Waals surface area contributed by atoms with Crippen LogP contribution < -0.4 is 4.74 Å². The molecule has 19 heavy (non-hydrogen) atoms. The molecule has 0 fully saturated rings. The monoisotopic (exact) mass is 270 g/mol. The first-order chi connectivity index (χ1) is 9.10. The Morgan fingerprint density at radius 3 is 2.37 bits per heavy atom. The fourth-order valence-corrected chi connectivity index (χ4v) is 1.33. The maximum absolute atomic E-state index is 13.7. The lowest BCUT2D eigenvalue weighted by Crippen LogP contribution is -2.07. The highest BCUT2D eigenvalue weighted by molar-refractivity contribution is 5.93. The van der Waals surface area contributed by atoms with Crippen LogP contribution in [0.15, 0.2) is 30.1 Å². The minimum atomic E-state index is -1.51. The van der Waals surface area contributed by atoms with Gasteiger partial charge >= 0.3 is 5.97 Å². The second-order valence-corrected chi connectivity index (χ2v) is 3.85. The van der Waals surface area contributed by atoms with Crippen molar-refractivity contribution < 1.29 is 23.0 Å². The molecule has 0 aliphatic carbocycles. The largest absolute Gasteiger partial charge is 0.497 e. The maximum Gasteiger partial charge on any atom is 0.370 e. The lowest BCUT2D eigenvalue weighted by molar-refractivity contribution is -0.140. The first-order valence-electron chi connectivity index (χ1n) is 5.97. The Labute approximate surface area is 110 Å². The summed E-state index contributed by atoms with van der Waals surface area (Å²) in [5.74, 6) is -3.50. The number of carbonyl (C=O) groups is 1. The topological polar surface area (TPSA) is 35.5 Å². The van der Waals surface area contributed by atoms with Crippen molar-refractivity contribution in [1.82, 2.24) is 0 Å². The SMILES string of the molecule is CCCCOC(=O)/C(F)=C(/F)c1ccc(OC)cc1. The zero-order valence-corrected chi connectivity index (χ0v) is 10.9. The van der Waals surface area contributed by atoms with Crippen molar-refractivity contribution in [3.8, 4) is 5.75 Å². The van der Waals surface area contributed by atoms with Crippen LogP contribution in [-0.2, 0) is 9.53 Å². The second-order valence-electron chi connectivity index (χ2n) is 3.85. The smallest absolute Gasteiger partial charge is 0.370 e. The van der Waals surface area contributed by atoms with E-state index in [0.717, 1.165) is 6.42 Å². The van der Waals surface area contributed by atoms with Crippen molar-refractivity contribution in [2.24, 2.45) is 0 Å². The van der Waals surface area contributed by atoms with Crippen molar-refractivity contribution in [2.75, 3.05) is 13.7 Å². The summed E-state index contributed by atoms with van der Waals surface area (Å²) in [6, 6.07) is 5.61. The number of unbranched alkanes of at least 4 members (excludes halogenated alkanes) is 1. The minimum absolute atomic E-state index is 0.0364. The van der Waals surface area contributed by atoms with Gasteiger partial charge in [-0.05, 0) is 30.7 Å². The van der Waals surface area contributed by atoms with Gasteiger partial charge in [-0.25, -0.2) is 9.18 Å². The number of halogens is 2. The molecule has 1 aromatic carbocycles. The lowest BCUT2D eigenvalue weighted by atomic mass is 10.2. The number of hydrogen-bond donors (Lipinski definition) is 0. The average molecular weight is 270 g/mol. The molecule has 104 valence electrons. The molecule has 1 aromatic rings. The van der Waals surface area contributed by atoms with Gasteiger partial charge in [-0.3, -0.25) is 0 Å². The summed E-state index contributed by atoms with van der Waals surface area (Å²) >= 11 is 0. The molecule has 0 heterocycles. The number of methoxy groups -OCH3 is 1. The molecule has 0 N–H and O–H groups in total. The molecule has 0 aromatic heterocycles. The van der Waals surface area contributed by atoms with Crippen molar-refractivity contribution in [3.63, 3.8) is 0 Å². The highest BCUT2D eigenvalue weighted by Gasteiger charge is 2.18. The Bertz CT molecular complexity index is 452. The predicted octanol–water partition coefficient (Wildman–Crippen LogP) is 3.65. The zero-order valence-electron chi connectivity index (χ0n) is 10.9. The lowest BCUT2D eigenvalue weighted by Gasteiger charge is -2.04. The van der Waals surface area contributed by atoms with Gasteiger partial charge in [0, 0.05) is 5.56 Å². The fourth-order valence-electron chi connectivity index (χ4n) is 1.33. The number of carbonyl (C=O) groups excluding carboxylic acids is 1. The van der Waals surface area contributed by atoms with Gasteiger partial charge < -0.3 is 9.47 Å². The first kappa shape index (κ1) is 15.1. The summed E-state index contributed by atoms with van der Waals surface area (Å²) < 4.78 is 36.7. The Balaban J connectivity index is 2.78. The summed E-state index contributed by atoms with van der Waals surface area (Å²) in [5, 5.41) is 0. The van der Waals surface area contributed by atoms with Crippen molar-refractivity contribution in [1.29, 1.82) is 0 Å². The molecule has 0 aliphatic rings. The van der Waals surface area contributed by atoms with Crippen LogP contribution in [0.4, 0.5) is 8.78 Å². The third-order valence-corrected chi connectivity index (χ3v) is 2.45. The van der Waals surface area contributed by atoms with Crippen molar-refractivity contribution in [2.45, 2.75) is 19.8 Å². The van der Waals surface area contributed by atoms with Crippen LogP contribution in [0.5, 0.6) is 5.75 Å². The third kappa shape index (κ3) is 4.35. The molecule has 0 spiro atoms. The number of benzene rings is 1. The van der Waals surface area contributed by atoms with E-state index < -0.39 is 17.6 Å². The Hall–Kier alpha value is -1.91. The summed E-state index contributed by atoms with van der Waals surface area (Å²) in [5.41, 5.74) is -0.0364. The van der Waals surface area contributed by atoms with Crippen molar-refractivity contribution in [3.05, 3.63) is 35.7 Å². The molecule has 0 atom stereocenters. The number of hydrogen-bond acceptors (Lipinski definition) is 3. The average Bonchev–Trinajstić information content (AvgIpc) is 2.46. The summed E-state index contributed by atoms with van der Waals surface area (Å²) in [6.45, 7) is 1.98. The molecule has 0 radical (unpaired) electrons. The number of ether oxygens (including phenoxy) is 2. The van der Waals surface area contributed by atoms with E-state index in [1.165, 1.54) is 31.4 Å². The van der Waals surface area contributed by atoms with Gasteiger partial charge in [0.2, 0.25) is 5.83 Å². The van der Waals surface area contributed by atoms with Gasteiger partial charge in [0.15, 0.2) is 5.83 Å². The quantitative estimate of drug-likeness (QED) is 0.449. The summed E-state index contributed by atoms with van der Waals surface area (Å²) in [6.07, 6.45) is 1.42. The van der Waals surface area contributed by atoms with Gasteiger partial charge in [0.05, 0.1) is 13.7 Å². The molecule has 0 unspecified atom stereocenters. The summed E-state index contributed by atoms with van der Waals surface area (Å²) in [4.78, 5) is 11.2. The van der Waals surface area contributed by atoms with Crippen LogP contribution in [0.1, 0.15) is 25.3 Å². The van der Waals surface area contributed by atoms with Gasteiger partial charge in [-0.2, -0.15) is 4.39 Å². The highest BCUT2D eigenvalue weighted by Crippen LogP contribution is 2.24. The van der Waals surface area contributed by atoms with E-state index in [2.05, 4.69) is 4.74 Å². The van der Waals surface area contributed by atoms with Gasteiger partial charge in [0.25, 0.3) is 0 Å². The van der Waals surface area contributed by atoms with E-state index in [1.54, 1.807) is 0 Å². The van der Waals surface area contributed by atoms with Crippen LogP contribution >= 0.6 is 0 Å². The molecule has 0 aliphatic heterocycles. The highest BCUT2D eigenvalue weighted by atomic mass is 19.2. The van der Waals surface area contributed by atoms with E-state index >= 15 is 0 Å². The third-order valence-electron chi connectivity index (χ3n) is 2.45. The molecule has 1 rings (SSSR count). The summed E-state index contributed by atoms with van der Waals surface area (Å²) in [7, 11) is 1.47. The van der Waals surface area contributed by atoms with Gasteiger partial charge in [-0.1, -0.05) is 13.3 Å². The fraction of sp³-hybridized carbons (Fsp3) is 0.357. The van der Waals surface area contributed by atoms with Crippen LogP contribution in [0.2, 0.25) is 0 Å². The molecule has 0 saturated heterocycles. The van der Waals surface area contributed by atoms with Crippen LogP contribution in [0.25, 0.3) is 5.83 Å². The minimum Gasteiger partial charge on any atom is -0.497 e. The van der Waals surface area contributed by atoms with E-state index in [1.807, 2.05) is 6.92 Å². The second kappa shape index (κ2) is 7.51. The first-order valence-corrected chi connectivity index (χ1v) is 5.97. The molecular formula is C14H16F2O3. The van der Waals surface area contributed by atoms with Gasteiger partial charge in [-0.15, -0.1) is 0 Å². The normalized spacial score (nSPS) is 11.8. The van der Waals surface area contributed by atoms with E-state index in [-0.39, 0.29) is 12.2 Å². The van der Waals surface area contributed by atoms with E-state index in [4.69, 9.17) is 4.74 Å². The molecule has 0 saturated carbocycles. The van der Waals surface area contributed by atoms with Crippen LogP contribution in [0.3, 0.4) is 0 Å². The molecule has 3 nitrogen and oxygen atoms in total. The molecule has 0 bridgehead atoms. The predicted molar refractivity (Wildman–Crippen MR) is 68.0 cm³/mol. The van der Waals surface area contributed by atoms with Crippen LogP contribution in [0, 0.1) is 0 Å². The molecule has 5 heteroatoms. The van der Waals surface area contributed by atoms with Crippen LogP contribution in [-0.4, -0.2) is 19.7 Å². The molecule has 0 amide bonds.